The second-order valence-electron chi connectivity index (χ2n) is 4.93. The normalized spacial score (nSPS) is 16.6. The van der Waals surface area contributed by atoms with E-state index in [2.05, 4.69) is 28.4 Å². The molecule has 1 saturated heterocycles. The maximum absolute atomic E-state index is 6.16. The molecule has 1 aromatic rings. The Labute approximate surface area is 115 Å². The summed E-state index contributed by atoms with van der Waals surface area (Å²) in [7, 11) is 2.13. The fourth-order valence-corrected chi connectivity index (χ4v) is 2.47. The number of halogens is 1. The quantitative estimate of drug-likeness (QED) is 0.854. The van der Waals surface area contributed by atoms with Crippen molar-refractivity contribution in [2.45, 2.75) is 19.4 Å². The lowest BCUT2D eigenvalue weighted by molar-refractivity contribution is 0.212. The van der Waals surface area contributed by atoms with E-state index in [1.807, 2.05) is 18.2 Å². The molecular formula is C14H22ClN3. The molecule has 4 heteroatoms. The monoisotopic (exact) mass is 267 g/mol. The van der Waals surface area contributed by atoms with E-state index in [0.29, 0.717) is 0 Å². The van der Waals surface area contributed by atoms with Crippen LogP contribution in [0.3, 0.4) is 0 Å². The summed E-state index contributed by atoms with van der Waals surface area (Å²) in [5, 5.41) is 3.18. The van der Waals surface area contributed by atoms with Crippen molar-refractivity contribution in [2.75, 3.05) is 33.2 Å². The van der Waals surface area contributed by atoms with Crippen molar-refractivity contribution in [1.82, 2.24) is 15.3 Å². The van der Waals surface area contributed by atoms with Gasteiger partial charge in [0.15, 0.2) is 0 Å². The largest absolute Gasteiger partial charge is 0.301 e. The number of nitrogens with one attached hydrogen (secondary N) is 1. The third-order valence-electron chi connectivity index (χ3n) is 3.33. The van der Waals surface area contributed by atoms with Crippen LogP contribution in [0.15, 0.2) is 24.3 Å². The van der Waals surface area contributed by atoms with E-state index in [9.17, 15) is 0 Å². The summed E-state index contributed by atoms with van der Waals surface area (Å²) in [5.74, 6) is 0. The van der Waals surface area contributed by atoms with Gasteiger partial charge in [0.2, 0.25) is 0 Å². The van der Waals surface area contributed by atoms with E-state index in [0.717, 1.165) is 24.7 Å². The molecule has 0 saturated carbocycles. The lowest BCUT2D eigenvalue weighted by Gasteiger charge is -2.21. The van der Waals surface area contributed by atoms with Crippen LogP contribution in [0.1, 0.15) is 18.4 Å². The summed E-state index contributed by atoms with van der Waals surface area (Å²) >= 11 is 6.16. The number of hydrogen-bond acceptors (Lipinski definition) is 3. The van der Waals surface area contributed by atoms with Crippen molar-refractivity contribution < 1.29 is 0 Å². The predicted octanol–water partition coefficient (Wildman–Crippen LogP) is 2.37. The highest BCUT2D eigenvalue weighted by Crippen LogP contribution is 2.16. The minimum Gasteiger partial charge on any atom is -0.301 e. The molecule has 1 aliphatic heterocycles. The molecule has 1 heterocycles. The first-order chi connectivity index (χ1) is 8.75. The van der Waals surface area contributed by atoms with Crippen LogP contribution in [0.25, 0.3) is 0 Å². The zero-order valence-corrected chi connectivity index (χ0v) is 11.8. The van der Waals surface area contributed by atoms with E-state index < -0.39 is 0 Å². The lowest BCUT2D eigenvalue weighted by Crippen LogP contribution is -2.39. The van der Waals surface area contributed by atoms with Crippen molar-refractivity contribution >= 4 is 11.6 Å². The van der Waals surface area contributed by atoms with Gasteiger partial charge in [0.1, 0.15) is 0 Å². The Morgan fingerprint density at radius 2 is 2.00 bits per heavy atom. The summed E-state index contributed by atoms with van der Waals surface area (Å²) in [5.41, 5.74) is 4.67. The van der Waals surface area contributed by atoms with Gasteiger partial charge in [-0.3, -0.25) is 5.43 Å². The Morgan fingerprint density at radius 1 is 1.28 bits per heavy atom. The van der Waals surface area contributed by atoms with Crippen LogP contribution in [0.2, 0.25) is 5.02 Å². The standard InChI is InChI=1S/C14H22ClN3/c1-17(11-8-16-18-9-4-5-10-18)12-13-6-2-3-7-14(13)15/h2-3,6-7,16H,4-5,8-12H2,1H3. The lowest BCUT2D eigenvalue weighted by atomic mass is 10.2. The third kappa shape index (κ3) is 4.25. The van der Waals surface area contributed by atoms with Gasteiger partial charge in [0.25, 0.3) is 0 Å². The van der Waals surface area contributed by atoms with Gasteiger partial charge in [0, 0.05) is 37.7 Å². The average Bonchev–Trinajstić information content (AvgIpc) is 2.85. The first kappa shape index (κ1) is 13.8. The van der Waals surface area contributed by atoms with Crippen LogP contribution < -0.4 is 5.43 Å². The highest BCUT2D eigenvalue weighted by atomic mass is 35.5. The number of benzene rings is 1. The molecule has 1 aliphatic rings. The molecule has 0 bridgehead atoms. The topological polar surface area (TPSA) is 18.5 Å². The molecule has 0 atom stereocenters. The van der Waals surface area contributed by atoms with E-state index >= 15 is 0 Å². The summed E-state index contributed by atoms with van der Waals surface area (Å²) in [4.78, 5) is 2.30. The SMILES string of the molecule is CN(CCNN1CCCC1)Cc1ccccc1Cl. The van der Waals surface area contributed by atoms with Gasteiger partial charge >= 0.3 is 0 Å². The van der Waals surface area contributed by atoms with E-state index in [4.69, 9.17) is 11.6 Å². The number of hydrogen-bond donors (Lipinski definition) is 1. The zero-order chi connectivity index (χ0) is 12.8. The van der Waals surface area contributed by atoms with E-state index in [1.165, 1.54) is 31.5 Å². The van der Waals surface area contributed by atoms with Crippen molar-refractivity contribution in [3.8, 4) is 0 Å². The summed E-state index contributed by atoms with van der Waals surface area (Å²) < 4.78 is 0. The molecule has 0 spiro atoms. The fraction of sp³-hybridized carbons (Fsp3) is 0.571. The van der Waals surface area contributed by atoms with Crippen LogP contribution in [0.4, 0.5) is 0 Å². The maximum Gasteiger partial charge on any atom is 0.0451 e. The van der Waals surface area contributed by atoms with E-state index in [1.54, 1.807) is 0 Å². The summed E-state index contributed by atoms with van der Waals surface area (Å²) in [6.45, 7) is 5.31. The van der Waals surface area contributed by atoms with Crippen molar-refractivity contribution in [1.29, 1.82) is 0 Å². The van der Waals surface area contributed by atoms with Gasteiger partial charge in [0.05, 0.1) is 0 Å². The van der Waals surface area contributed by atoms with Crippen LogP contribution in [-0.4, -0.2) is 43.1 Å². The minimum absolute atomic E-state index is 0.858. The number of rotatable bonds is 6. The van der Waals surface area contributed by atoms with Crippen LogP contribution in [0, 0.1) is 0 Å². The van der Waals surface area contributed by atoms with Crippen LogP contribution >= 0.6 is 11.6 Å². The average molecular weight is 268 g/mol. The van der Waals surface area contributed by atoms with Crippen molar-refractivity contribution in [3.63, 3.8) is 0 Å². The van der Waals surface area contributed by atoms with E-state index in [-0.39, 0.29) is 0 Å². The molecule has 0 amide bonds. The molecule has 0 aliphatic carbocycles. The minimum atomic E-state index is 0.858. The zero-order valence-electron chi connectivity index (χ0n) is 11.0. The molecule has 100 valence electrons. The van der Waals surface area contributed by atoms with Crippen LogP contribution in [-0.2, 0) is 6.54 Å². The molecule has 2 rings (SSSR count). The second kappa shape index (κ2) is 7.10. The Balaban J connectivity index is 1.68. The summed E-state index contributed by atoms with van der Waals surface area (Å²) in [6.07, 6.45) is 2.64. The smallest absolute Gasteiger partial charge is 0.0451 e. The molecule has 0 radical (unpaired) electrons. The second-order valence-corrected chi connectivity index (χ2v) is 5.34. The highest BCUT2D eigenvalue weighted by molar-refractivity contribution is 6.31. The van der Waals surface area contributed by atoms with Gasteiger partial charge < -0.3 is 4.90 Å². The Morgan fingerprint density at radius 3 is 2.72 bits per heavy atom. The van der Waals surface area contributed by atoms with Gasteiger partial charge in [-0.1, -0.05) is 29.8 Å². The van der Waals surface area contributed by atoms with Gasteiger partial charge in [-0.05, 0) is 31.5 Å². The third-order valence-corrected chi connectivity index (χ3v) is 3.70. The van der Waals surface area contributed by atoms with Crippen LogP contribution in [0.5, 0.6) is 0 Å². The first-order valence-corrected chi connectivity index (χ1v) is 7.04. The molecule has 0 aromatic heterocycles. The summed E-state index contributed by atoms with van der Waals surface area (Å²) in [6, 6.07) is 8.05. The maximum atomic E-state index is 6.16. The molecule has 1 fully saturated rings. The van der Waals surface area contributed by atoms with Gasteiger partial charge in [-0.2, -0.15) is 0 Å². The number of hydrazine groups is 1. The predicted molar refractivity (Wildman–Crippen MR) is 76.6 cm³/mol. The fourth-order valence-electron chi connectivity index (χ4n) is 2.27. The molecule has 1 N–H and O–H groups in total. The first-order valence-electron chi connectivity index (χ1n) is 6.66. The van der Waals surface area contributed by atoms with Crippen molar-refractivity contribution in [2.24, 2.45) is 0 Å². The molecule has 18 heavy (non-hydrogen) atoms. The van der Waals surface area contributed by atoms with Gasteiger partial charge in [-0.15, -0.1) is 0 Å². The van der Waals surface area contributed by atoms with Gasteiger partial charge in [-0.25, -0.2) is 5.01 Å². The number of nitrogens with zero attached hydrogens (tertiary/aromatic N) is 2. The molecule has 1 aromatic carbocycles. The number of likely N-dealkylation sites (N-methyl/N-ethyl adjacent to an activating group) is 1. The highest BCUT2D eigenvalue weighted by Gasteiger charge is 2.10. The molecule has 0 unspecified atom stereocenters. The Hall–Kier alpha value is -0.610. The molecule has 3 nitrogen and oxygen atoms in total. The molecular weight excluding hydrogens is 246 g/mol. The Kier molecular flexibility index (Phi) is 5.45. The van der Waals surface area contributed by atoms with Crippen molar-refractivity contribution in [3.05, 3.63) is 34.9 Å². The Bertz CT molecular complexity index is 364.